The quantitative estimate of drug-likeness (QED) is 0.943. The van der Waals surface area contributed by atoms with Crippen LogP contribution in [0.1, 0.15) is 24.3 Å². The number of carbonyl (C=O) groups excluding carboxylic acids is 1. The van der Waals surface area contributed by atoms with Crippen LogP contribution in [0, 0.1) is 0 Å². The van der Waals surface area contributed by atoms with Gasteiger partial charge in [0.25, 0.3) is 0 Å². The van der Waals surface area contributed by atoms with Gasteiger partial charge in [0.05, 0.1) is 11.3 Å². The number of ether oxygens (including phenoxy) is 1. The minimum Gasteiger partial charge on any atom is -0.440 e. The number of alkyl halides is 3. The Morgan fingerprint density at radius 2 is 1.77 bits per heavy atom. The summed E-state index contributed by atoms with van der Waals surface area (Å²) in [6.07, 6.45) is -5.97. The molecule has 0 saturated carbocycles. The normalized spacial score (nSPS) is 12.7. The van der Waals surface area contributed by atoms with Gasteiger partial charge in [-0.05, 0) is 31.2 Å². The zero-order chi connectivity index (χ0) is 16.3. The Morgan fingerprint density at radius 3 is 2.23 bits per heavy atom. The zero-order valence-corrected chi connectivity index (χ0v) is 11.5. The van der Waals surface area contributed by atoms with Gasteiger partial charge < -0.3 is 10.5 Å². The molecule has 0 aliphatic rings. The Hall–Kier alpha value is -2.64. The van der Waals surface area contributed by atoms with Gasteiger partial charge >= 0.3 is 12.3 Å². The van der Waals surface area contributed by atoms with E-state index in [4.69, 9.17) is 10.5 Å². The first-order chi connectivity index (χ1) is 10.3. The molecule has 1 atom stereocenters. The lowest BCUT2D eigenvalue weighted by molar-refractivity contribution is -0.137. The van der Waals surface area contributed by atoms with E-state index >= 15 is 0 Å². The second kappa shape index (κ2) is 6.00. The molecule has 1 unspecified atom stereocenters. The standard InChI is InChI=1S/C14H12F3N3O2/c1-8(22-13(18)21)11-6-7-12(20-19-11)9-2-4-10(5-3-9)14(15,16)17/h2-8H,1H3,(H2,18,21). The SMILES string of the molecule is CC(OC(N)=O)c1ccc(-c2ccc(C(F)(F)F)cc2)nn1. The summed E-state index contributed by atoms with van der Waals surface area (Å²) in [6, 6.07) is 7.72. The molecule has 5 nitrogen and oxygen atoms in total. The maximum atomic E-state index is 12.5. The molecule has 0 spiro atoms. The van der Waals surface area contributed by atoms with E-state index in [0.29, 0.717) is 17.0 Å². The fourth-order valence-electron chi connectivity index (χ4n) is 1.78. The van der Waals surface area contributed by atoms with Crippen LogP contribution in [0.15, 0.2) is 36.4 Å². The smallest absolute Gasteiger partial charge is 0.416 e. The number of rotatable bonds is 3. The Bertz CT molecular complexity index is 655. The molecule has 0 saturated heterocycles. The van der Waals surface area contributed by atoms with Crippen LogP contribution in [0.5, 0.6) is 0 Å². The van der Waals surface area contributed by atoms with Crippen molar-refractivity contribution in [3.8, 4) is 11.3 Å². The second-order valence-electron chi connectivity index (χ2n) is 4.50. The first kappa shape index (κ1) is 15.7. The third-order valence-electron chi connectivity index (χ3n) is 2.90. The van der Waals surface area contributed by atoms with Crippen LogP contribution in [0.25, 0.3) is 11.3 Å². The Kier molecular flexibility index (Phi) is 4.30. The molecule has 1 heterocycles. The van der Waals surface area contributed by atoms with Gasteiger partial charge in [0.2, 0.25) is 0 Å². The minimum atomic E-state index is -4.38. The molecule has 1 aromatic heterocycles. The van der Waals surface area contributed by atoms with E-state index in [1.807, 2.05) is 0 Å². The Labute approximate surface area is 123 Å². The van der Waals surface area contributed by atoms with Crippen molar-refractivity contribution in [1.82, 2.24) is 10.2 Å². The van der Waals surface area contributed by atoms with Crippen LogP contribution < -0.4 is 5.73 Å². The van der Waals surface area contributed by atoms with E-state index < -0.39 is 23.9 Å². The van der Waals surface area contributed by atoms with E-state index in [2.05, 4.69) is 10.2 Å². The van der Waals surface area contributed by atoms with E-state index in [1.54, 1.807) is 19.1 Å². The molecule has 0 aliphatic carbocycles. The predicted octanol–water partition coefficient (Wildman–Crippen LogP) is 3.32. The van der Waals surface area contributed by atoms with Crippen molar-refractivity contribution >= 4 is 6.09 Å². The Balaban J connectivity index is 2.18. The number of hydrogen-bond donors (Lipinski definition) is 1. The van der Waals surface area contributed by atoms with Crippen molar-refractivity contribution in [2.75, 3.05) is 0 Å². The highest BCUT2D eigenvalue weighted by Crippen LogP contribution is 2.30. The van der Waals surface area contributed by atoms with Gasteiger partial charge in [0.1, 0.15) is 11.8 Å². The van der Waals surface area contributed by atoms with Crippen molar-refractivity contribution in [2.24, 2.45) is 5.73 Å². The molecule has 2 rings (SSSR count). The van der Waals surface area contributed by atoms with Gasteiger partial charge in [-0.25, -0.2) is 4.79 Å². The summed E-state index contributed by atoms with van der Waals surface area (Å²) in [6.45, 7) is 1.58. The third-order valence-corrected chi connectivity index (χ3v) is 2.90. The second-order valence-corrected chi connectivity index (χ2v) is 4.50. The number of amides is 1. The molecule has 0 fully saturated rings. The zero-order valence-electron chi connectivity index (χ0n) is 11.5. The lowest BCUT2D eigenvalue weighted by Gasteiger charge is -2.10. The Morgan fingerprint density at radius 1 is 1.14 bits per heavy atom. The van der Waals surface area contributed by atoms with Gasteiger partial charge in [-0.1, -0.05) is 12.1 Å². The average molecular weight is 311 g/mol. The first-order valence-electron chi connectivity index (χ1n) is 6.24. The fourth-order valence-corrected chi connectivity index (χ4v) is 1.78. The first-order valence-corrected chi connectivity index (χ1v) is 6.24. The molecule has 2 aromatic rings. The van der Waals surface area contributed by atoms with Crippen LogP contribution in [-0.4, -0.2) is 16.3 Å². The highest BCUT2D eigenvalue weighted by molar-refractivity contribution is 5.65. The van der Waals surface area contributed by atoms with E-state index in [-0.39, 0.29) is 0 Å². The lowest BCUT2D eigenvalue weighted by Crippen LogP contribution is -2.16. The number of carbonyl (C=O) groups is 1. The average Bonchev–Trinajstić information content (AvgIpc) is 2.46. The van der Waals surface area contributed by atoms with E-state index in [1.165, 1.54) is 12.1 Å². The number of nitrogens with two attached hydrogens (primary N) is 1. The fraction of sp³-hybridized carbons (Fsp3) is 0.214. The summed E-state index contributed by atoms with van der Waals surface area (Å²) in [5, 5.41) is 7.78. The van der Waals surface area contributed by atoms with E-state index in [0.717, 1.165) is 12.1 Å². The van der Waals surface area contributed by atoms with Crippen molar-refractivity contribution in [1.29, 1.82) is 0 Å². The molecular weight excluding hydrogens is 299 g/mol. The van der Waals surface area contributed by atoms with Crippen LogP contribution in [0.4, 0.5) is 18.0 Å². The predicted molar refractivity (Wildman–Crippen MR) is 71.6 cm³/mol. The van der Waals surface area contributed by atoms with Crippen molar-refractivity contribution < 1.29 is 22.7 Å². The molecule has 1 amide bonds. The molecular formula is C14H12F3N3O2. The van der Waals surface area contributed by atoms with Gasteiger partial charge in [-0.2, -0.15) is 23.4 Å². The monoisotopic (exact) mass is 311 g/mol. The van der Waals surface area contributed by atoms with Crippen LogP contribution in [-0.2, 0) is 10.9 Å². The third kappa shape index (κ3) is 3.72. The maximum absolute atomic E-state index is 12.5. The summed E-state index contributed by atoms with van der Waals surface area (Å²) in [7, 11) is 0. The summed E-state index contributed by atoms with van der Waals surface area (Å²) in [4.78, 5) is 10.6. The molecule has 2 N–H and O–H groups in total. The number of primary amides is 1. The molecule has 1 aromatic carbocycles. The highest BCUT2D eigenvalue weighted by atomic mass is 19.4. The van der Waals surface area contributed by atoms with E-state index in [9.17, 15) is 18.0 Å². The van der Waals surface area contributed by atoms with Gasteiger partial charge in [-0.15, -0.1) is 0 Å². The summed E-state index contributed by atoms with van der Waals surface area (Å²) >= 11 is 0. The number of halogens is 3. The van der Waals surface area contributed by atoms with Gasteiger partial charge in [0.15, 0.2) is 0 Å². The highest BCUT2D eigenvalue weighted by Gasteiger charge is 2.30. The van der Waals surface area contributed by atoms with Crippen molar-refractivity contribution in [3.63, 3.8) is 0 Å². The molecule has 0 bridgehead atoms. The van der Waals surface area contributed by atoms with Gasteiger partial charge in [0, 0.05) is 5.56 Å². The largest absolute Gasteiger partial charge is 0.440 e. The number of hydrogen-bond acceptors (Lipinski definition) is 4. The number of aromatic nitrogens is 2. The lowest BCUT2D eigenvalue weighted by atomic mass is 10.1. The molecule has 116 valence electrons. The maximum Gasteiger partial charge on any atom is 0.416 e. The number of nitrogens with zero attached hydrogens (tertiary/aromatic N) is 2. The van der Waals surface area contributed by atoms with Crippen LogP contribution in [0.2, 0.25) is 0 Å². The molecule has 8 heteroatoms. The summed E-state index contributed by atoms with van der Waals surface area (Å²) in [5.41, 5.74) is 5.45. The minimum absolute atomic E-state index is 0.384. The van der Waals surface area contributed by atoms with Gasteiger partial charge in [-0.3, -0.25) is 0 Å². The van der Waals surface area contributed by atoms with Crippen molar-refractivity contribution in [3.05, 3.63) is 47.7 Å². The van der Waals surface area contributed by atoms with Crippen molar-refractivity contribution in [2.45, 2.75) is 19.2 Å². The summed E-state index contributed by atoms with van der Waals surface area (Å²) < 4.78 is 42.2. The molecule has 0 aliphatic heterocycles. The molecule has 0 radical (unpaired) electrons. The van der Waals surface area contributed by atoms with Crippen LogP contribution in [0.3, 0.4) is 0 Å². The summed E-state index contributed by atoms with van der Waals surface area (Å²) in [5.74, 6) is 0. The number of benzene rings is 1. The topological polar surface area (TPSA) is 78.1 Å². The molecule has 22 heavy (non-hydrogen) atoms. The van der Waals surface area contributed by atoms with Crippen LogP contribution >= 0.6 is 0 Å².